The molecule has 0 radical (unpaired) electrons. The normalized spacial score (nSPS) is 39.0. The summed E-state index contributed by atoms with van der Waals surface area (Å²) in [5, 5.41) is 0. The third-order valence-electron chi connectivity index (χ3n) is 6.91. The molecule has 0 N–H and O–H groups in total. The van der Waals surface area contributed by atoms with Gasteiger partial charge < -0.3 is 9.64 Å². The molecule has 5 heteroatoms. The molecule has 25 heavy (non-hydrogen) atoms. The fourth-order valence-electron chi connectivity index (χ4n) is 6.32. The van der Waals surface area contributed by atoms with E-state index in [1.54, 1.807) is 6.20 Å². The first-order valence-electron chi connectivity index (χ1n) is 9.67. The quantitative estimate of drug-likeness (QED) is 0.763. The van der Waals surface area contributed by atoms with Crippen molar-refractivity contribution in [1.82, 2.24) is 9.88 Å². The molecule has 4 bridgehead atoms. The van der Waals surface area contributed by atoms with E-state index in [9.17, 15) is 4.79 Å². The second-order valence-corrected chi connectivity index (χ2v) is 9.71. The lowest BCUT2D eigenvalue weighted by molar-refractivity contribution is -0.156. The Labute approximate surface area is 157 Å². The smallest absolute Gasteiger partial charge is 0.228 e. The molecule has 1 aromatic rings. The number of likely N-dealkylation sites (tertiary alicyclic amines) is 1. The van der Waals surface area contributed by atoms with Crippen LogP contribution in [0, 0.1) is 23.2 Å². The average molecular weight is 405 g/mol. The fraction of sp³-hybridized carbons (Fsp3) is 0.700. The van der Waals surface area contributed by atoms with Crippen LogP contribution in [0.1, 0.15) is 44.9 Å². The maximum Gasteiger partial charge on any atom is 0.228 e. The maximum absolute atomic E-state index is 13.4. The molecule has 4 aliphatic carbocycles. The summed E-state index contributed by atoms with van der Waals surface area (Å²) in [4.78, 5) is 19.8. The van der Waals surface area contributed by atoms with Crippen LogP contribution in [0.2, 0.25) is 0 Å². The minimum absolute atomic E-state index is 0.0283. The fourth-order valence-corrected chi connectivity index (χ4v) is 6.55. The summed E-state index contributed by atoms with van der Waals surface area (Å²) in [6.07, 6.45) is 10.3. The van der Waals surface area contributed by atoms with Crippen LogP contribution in [0.25, 0.3) is 0 Å². The van der Waals surface area contributed by atoms with Gasteiger partial charge in [0.25, 0.3) is 0 Å². The van der Waals surface area contributed by atoms with Crippen molar-refractivity contribution in [2.24, 2.45) is 23.2 Å². The third kappa shape index (κ3) is 2.88. The highest BCUT2D eigenvalue weighted by Crippen LogP contribution is 2.60. The Bertz CT molecular complexity index is 639. The average Bonchev–Trinajstić information content (AvgIpc) is 3.03. The van der Waals surface area contributed by atoms with Crippen molar-refractivity contribution in [1.29, 1.82) is 0 Å². The lowest BCUT2D eigenvalue weighted by Crippen LogP contribution is -2.54. The number of carbonyl (C=O) groups is 1. The van der Waals surface area contributed by atoms with Crippen LogP contribution >= 0.6 is 15.9 Å². The van der Waals surface area contributed by atoms with Gasteiger partial charge in [0, 0.05) is 29.7 Å². The maximum atomic E-state index is 13.4. The molecule has 0 spiro atoms. The zero-order chi connectivity index (χ0) is 17.0. The number of hydrogen-bond acceptors (Lipinski definition) is 3. The SMILES string of the molecule is O=C(N1CCC(Oc2ccc(Br)cn2)C1)C12CC3CC(CC(C3)C1)C2. The highest BCUT2D eigenvalue weighted by atomic mass is 79.9. The molecule has 4 nitrogen and oxygen atoms in total. The molecule has 2 heterocycles. The lowest BCUT2D eigenvalue weighted by Gasteiger charge is -2.56. The van der Waals surface area contributed by atoms with Crippen LogP contribution in [0.3, 0.4) is 0 Å². The largest absolute Gasteiger partial charge is 0.472 e. The van der Waals surface area contributed by atoms with Crippen molar-refractivity contribution in [2.45, 2.75) is 51.0 Å². The van der Waals surface area contributed by atoms with Crippen LogP contribution in [-0.4, -0.2) is 35.0 Å². The molecule has 1 amide bonds. The summed E-state index contributed by atoms with van der Waals surface area (Å²) in [6.45, 7) is 1.56. The Kier molecular flexibility index (Phi) is 3.84. The van der Waals surface area contributed by atoms with Gasteiger partial charge in [-0.25, -0.2) is 4.98 Å². The molecule has 1 atom stereocenters. The minimum atomic E-state index is -0.0283. The van der Waals surface area contributed by atoms with Gasteiger partial charge in [0.1, 0.15) is 6.10 Å². The van der Waals surface area contributed by atoms with E-state index in [-0.39, 0.29) is 11.5 Å². The zero-order valence-corrected chi connectivity index (χ0v) is 16.1. The van der Waals surface area contributed by atoms with E-state index in [0.717, 1.165) is 61.0 Å². The number of amides is 1. The molecule has 1 unspecified atom stereocenters. The highest BCUT2D eigenvalue weighted by molar-refractivity contribution is 9.10. The minimum Gasteiger partial charge on any atom is -0.472 e. The van der Waals surface area contributed by atoms with Crippen molar-refractivity contribution in [3.8, 4) is 5.88 Å². The van der Waals surface area contributed by atoms with Gasteiger partial charge in [0.05, 0.1) is 12.0 Å². The van der Waals surface area contributed by atoms with Crippen molar-refractivity contribution in [3.63, 3.8) is 0 Å². The van der Waals surface area contributed by atoms with Gasteiger partial charge in [0.15, 0.2) is 0 Å². The Morgan fingerprint density at radius 3 is 2.44 bits per heavy atom. The van der Waals surface area contributed by atoms with E-state index in [4.69, 9.17) is 4.74 Å². The Morgan fingerprint density at radius 2 is 1.84 bits per heavy atom. The molecular formula is C20H25BrN2O2. The summed E-state index contributed by atoms with van der Waals surface area (Å²) >= 11 is 3.39. The van der Waals surface area contributed by atoms with Gasteiger partial charge in [-0.15, -0.1) is 0 Å². The Morgan fingerprint density at radius 1 is 1.16 bits per heavy atom. The molecule has 6 rings (SSSR count). The van der Waals surface area contributed by atoms with Crippen molar-refractivity contribution in [2.75, 3.05) is 13.1 Å². The van der Waals surface area contributed by atoms with Gasteiger partial charge in [-0.3, -0.25) is 4.79 Å². The van der Waals surface area contributed by atoms with E-state index in [2.05, 4.69) is 25.8 Å². The van der Waals surface area contributed by atoms with E-state index in [1.807, 2.05) is 12.1 Å². The molecule has 134 valence electrons. The van der Waals surface area contributed by atoms with E-state index in [1.165, 1.54) is 19.3 Å². The number of rotatable bonds is 3. The summed E-state index contributed by atoms with van der Waals surface area (Å²) in [6, 6.07) is 3.82. The van der Waals surface area contributed by atoms with Gasteiger partial charge in [-0.2, -0.15) is 0 Å². The summed E-state index contributed by atoms with van der Waals surface area (Å²) in [5.74, 6) is 3.53. The number of aromatic nitrogens is 1. The van der Waals surface area contributed by atoms with Gasteiger partial charge in [-0.05, 0) is 78.3 Å². The predicted octanol–water partition coefficient (Wildman–Crippen LogP) is 4.04. The van der Waals surface area contributed by atoms with Crippen LogP contribution in [0.15, 0.2) is 22.8 Å². The van der Waals surface area contributed by atoms with Crippen LogP contribution in [-0.2, 0) is 4.79 Å². The molecule has 1 aromatic heterocycles. The molecule has 0 aromatic carbocycles. The van der Waals surface area contributed by atoms with E-state index >= 15 is 0 Å². The number of halogens is 1. The van der Waals surface area contributed by atoms with Gasteiger partial charge in [0.2, 0.25) is 11.8 Å². The van der Waals surface area contributed by atoms with E-state index < -0.39 is 0 Å². The van der Waals surface area contributed by atoms with Gasteiger partial charge in [-0.1, -0.05) is 0 Å². The Hall–Kier alpha value is -1.10. The molecule has 4 saturated carbocycles. The number of nitrogens with zero attached hydrogens (tertiary/aromatic N) is 2. The third-order valence-corrected chi connectivity index (χ3v) is 7.38. The molecule has 1 saturated heterocycles. The number of ether oxygens (including phenoxy) is 1. The first-order valence-corrected chi connectivity index (χ1v) is 10.5. The number of pyridine rings is 1. The Balaban J connectivity index is 1.25. The van der Waals surface area contributed by atoms with E-state index in [0.29, 0.717) is 11.8 Å². The summed E-state index contributed by atoms with van der Waals surface area (Å²) < 4.78 is 6.95. The standard InChI is InChI=1S/C20H25BrN2O2/c21-16-1-2-18(22-11-16)25-17-3-4-23(12-17)19(24)20-8-13-5-14(9-20)7-15(6-13)10-20/h1-2,11,13-15,17H,3-10,12H2. The first kappa shape index (κ1) is 16.1. The molecule has 5 aliphatic rings. The topological polar surface area (TPSA) is 42.4 Å². The first-order chi connectivity index (χ1) is 12.1. The summed E-state index contributed by atoms with van der Waals surface area (Å²) in [5.41, 5.74) is -0.0283. The van der Waals surface area contributed by atoms with Crippen molar-refractivity contribution >= 4 is 21.8 Å². The van der Waals surface area contributed by atoms with Crippen molar-refractivity contribution in [3.05, 3.63) is 22.8 Å². The van der Waals surface area contributed by atoms with Crippen LogP contribution in [0.5, 0.6) is 5.88 Å². The second-order valence-electron chi connectivity index (χ2n) is 8.79. The number of carbonyl (C=O) groups excluding carboxylic acids is 1. The second kappa shape index (κ2) is 5.97. The lowest BCUT2D eigenvalue weighted by atomic mass is 9.49. The highest BCUT2D eigenvalue weighted by Gasteiger charge is 2.56. The molecule has 1 aliphatic heterocycles. The summed E-state index contributed by atoms with van der Waals surface area (Å²) in [7, 11) is 0. The van der Waals surface area contributed by atoms with Crippen LogP contribution in [0.4, 0.5) is 0 Å². The monoisotopic (exact) mass is 404 g/mol. The molecule has 5 fully saturated rings. The molecular weight excluding hydrogens is 380 g/mol. The zero-order valence-electron chi connectivity index (χ0n) is 14.5. The predicted molar refractivity (Wildman–Crippen MR) is 98.2 cm³/mol. The van der Waals surface area contributed by atoms with Gasteiger partial charge >= 0.3 is 0 Å². The van der Waals surface area contributed by atoms with Crippen molar-refractivity contribution < 1.29 is 9.53 Å². The number of hydrogen-bond donors (Lipinski definition) is 0. The van der Waals surface area contributed by atoms with Crippen LogP contribution < -0.4 is 4.74 Å².